The number of carbonyl (C=O) groups is 1. The second-order valence-corrected chi connectivity index (χ2v) is 17.7. The second-order valence-electron chi connectivity index (χ2n) is 17.7. The van der Waals surface area contributed by atoms with E-state index in [9.17, 15) is 50.8 Å². The zero-order valence-electron chi connectivity index (χ0n) is 29.0. The van der Waals surface area contributed by atoms with E-state index >= 15 is 0 Å². The molecule has 0 bridgehead atoms. The molecule has 6 rings (SSSR count). The van der Waals surface area contributed by atoms with Gasteiger partial charge < -0.3 is 55.4 Å². The first kappa shape index (κ1) is 36.6. The van der Waals surface area contributed by atoms with E-state index in [0.29, 0.717) is 44.9 Å². The fourth-order valence-electron chi connectivity index (χ4n) is 12.2. The van der Waals surface area contributed by atoms with E-state index < -0.39 is 108 Å². The number of aliphatic hydroxyl groups is 9. The highest BCUT2D eigenvalue weighted by Crippen LogP contribution is 2.76. The molecule has 48 heavy (non-hydrogen) atoms. The van der Waals surface area contributed by atoms with Gasteiger partial charge in [0.2, 0.25) is 6.29 Å². The SMILES string of the molecule is CC1(C)CC[C@]2(C(=O)O[C@@H]3O[C@H](CO)[C@H](O)[C@H](O)[C@H]3O)CC[C@]3(C)C(=CC[C@@H]4[C@@]5(C)C[C@@H](O)[C@H](O)C(CO)(CO)[C@@H]5CC[C@]43C)[C@@H]2[C@@H]1O. The molecule has 1 saturated heterocycles. The van der Waals surface area contributed by atoms with Crippen molar-refractivity contribution < 1.29 is 60.2 Å². The van der Waals surface area contributed by atoms with Gasteiger partial charge in [-0.25, -0.2) is 0 Å². The Morgan fingerprint density at radius 2 is 1.48 bits per heavy atom. The van der Waals surface area contributed by atoms with Crippen molar-refractivity contribution in [3.8, 4) is 0 Å². The van der Waals surface area contributed by atoms with Crippen molar-refractivity contribution in [3.05, 3.63) is 11.6 Å². The summed E-state index contributed by atoms with van der Waals surface area (Å²) in [6.07, 6.45) is -4.76. The minimum absolute atomic E-state index is 0.0134. The molecule has 12 nitrogen and oxygen atoms in total. The summed E-state index contributed by atoms with van der Waals surface area (Å²) in [5.74, 6) is -1.49. The molecule has 1 aliphatic heterocycles. The molecule has 274 valence electrons. The third-order valence-corrected chi connectivity index (χ3v) is 15.5. The summed E-state index contributed by atoms with van der Waals surface area (Å²) in [6.45, 7) is 9.07. The van der Waals surface area contributed by atoms with Crippen molar-refractivity contribution in [2.24, 2.45) is 50.2 Å². The maximum atomic E-state index is 14.4. The molecule has 9 N–H and O–H groups in total. The van der Waals surface area contributed by atoms with Crippen LogP contribution in [0.15, 0.2) is 11.6 Å². The second kappa shape index (κ2) is 11.9. The van der Waals surface area contributed by atoms with Gasteiger partial charge in [-0.1, -0.05) is 46.3 Å². The lowest BCUT2D eigenvalue weighted by molar-refractivity contribution is -0.298. The first-order chi connectivity index (χ1) is 22.3. The lowest BCUT2D eigenvalue weighted by Gasteiger charge is -2.72. The Labute approximate surface area is 282 Å². The average molecular weight is 683 g/mol. The fraction of sp³-hybridized carbons (Fsp3) is 0.917. The number of esters is 1. The van der Waals surface area contributed by atoms with Gasteiger partial charge in [0.05, 0.1) is 43.5 Å². The molecule has 6 aliphatic rings. The van der Waals surface area contributed by atoms with Crippen LogP contribution in [0.25, 0.3) is 0 Å². The molecule has 0 aromatic heterocycles. The van der Waals surface area contributed by atoms with Gasteiger partial charge in [0.25, 0.3) is 0 Å². The van der Waals surface area contributed by atoms with Crippen LogP contribution in [0.5, 0.6) is 0 Å². The van der Waals surface area contributed by atoms with Crippen molar-refractivity contribution in [3.63, 3.8) is 0 Å². The molecular formula is C36H58O12. The molecule has 5 fully saturated rings. The Morgan fingerprint density at radius 3 is 2.10 bits per heavy atom. The van der Waals surface area contributed by atoms with Crippen molar-refractivity contribution in [1.29, 1.82) is 0 Å². The van der Waals surface area contributed by atoms with Crippen LogP contribution in [0.4, 0.5) is 0 Å². The van der Waals surface area contributed by atoms with Crippen LogP contribution in [0.2, 0.25) is 0 Å². The Hall–Kier alpha value is -1.19. The Morgan fingerprint density at radius 1 is 0.833 bits per heavy atom. The standard InChI is InChI=1S/C36H58O12/c1-31(2)10-12-35(30(46)48-29-26(43)25(42)24(41)20(15-37)47-29)13-11-33(4)18(23(35)28(31)45)6-7-21-32(3)14-19(40)27(44)36(16-38,17-39)22(32)8-9-34(21,33)5/h6,19-29,37-45H,7-17H2,1-5H3/t19-,20-,21-,22-,23-,24+,25+,26-,27+,28+,29+,32-,33-,34-,35+/m1/s1. The number of hydrogen-bond acceptors (Lipinski definition) is 12. The van der Waals surface area contributed by atoms with Gasteiger partial charge in [0, 0.05) is 11.3 Å². The van der Waals surface area contributed by atoms with Crippen LogP contribution in [0, 0.1) is 50.2 Å². The summed E-state index contributed by atoms with van der Waals surface area (Å²) < 4.78 is 11.4. The lowest BCUT2D eigenvalue weighted by Crippen LogP contribution is -2.70. The predicted molar refractivity (Wildman–Crippen MR) is 171 cm³/mol. The highest BCUT2D eigenvalue weighted by molar-refractivity contribution is 5.79. The Kier molecular flexibility index (Phi) is 9.10. The molecule has 4 saturated carbocycles. The van der Waals surface area contributed by atoms with Gasteiger partial charge in [-0.05, 0) is 84.9 Å². The van der Waals surface area contributed by atoms with Gasteiger partial charge >= 0.3 is 5.97 Å². The molecular weight excluding hydrogens is 624 g/mol. The van der Waals surface area contributed by atoms with Gasteiger partial charge in [-0.15, -0.1) is 0 Å². The summed E-state index contributed by atoms with van der Waals surface area (Å²) in [5.41, 5.74) is -3.27. The van der Waals surface area contributed by atoms with Crippen LogP contribution in [-0.2, 0) is 14.3 Å². The topological polar surface area (TPSA) is 218 Å². The number of carbonyl (C=O) groups excluding carboxylic acids is 1. The number of ether oxygens (including phenoxy) is 2. The molecule has 5 aliphatic carbocycles. The lowest BCUT2D eigenvalue weighted by atomic mass is 9.33. The molecule has 0 radical (unpaired) electrons. The normalized spacial score (nSPS) is 52.5. The molecule has 0 spiro atoms. The first-order valence-corrected chi connectivity index (χ1v) is 17.8. The number of hydrogen-bond donors (Lipinski definition) is 9. The highest BCUT2D eigenvalue weighted by atomic mass is 16.7. The largest absolute Gasteiger partial charge is 0.432 e. The monoisotopic (exact) mass is 682 g/mol. The fourth-order valence-corrected chi connectivity index (χ4v) is 12.2. The van der Waals surface area contributed by atoms with Gasteiger partial charge in [-0.2, -0.15) is 0 Å². The third-order valence-electron chi connectivity index (χ3n) is 15.5. The summed E-state index contributed by atoms with van der Waals surface area (Å²) in [5, 5.41) is 96.6. The van der Waals surface area contributed by atoms with Crippen LogP contribution < -0.4 is 0 Å². The predicted octanol–water partition coefficient (Wildman–Crippen LogP) is 0.379. The summed E-state index contributed by atoms with van der Waals surface area (Å²) >= 11 is 0. The molecule has 0 amide bonds. The molecule has 0 unspecified atom stereocenters. The van der Waals surface area contributed by atoms with Crippen molar-refractivity contribution in [2.75, 3.05) is 19.8 Å². The third kappa shape index (κ3) is 4.66. The van der Waals surface area contributed by atoms with Crippen LogP contribution in [0.1, 0.15) is 86.0 Å². The quantitative estimate of drug-likeness (QED) is 0.142. The Bertz CT molecular complexity index is 1280. The number of fused-ring (bicyclic) bond motifs is 7. The number of allylic oxidation sites excluding steroid dienone is 1. The minimum Gasteiger partial charge on any atom is -0.432 e. The minimum atomic E-state index is -1.74. The van der Waals surface area contributed by atoms with E-state index in [0.717, 1.165) is 12.0 Å². The van der Waals surface area contributed by atoms with E-state index in [1.807, 2.05) is 13.8 Å². The highest BCUT2D eigenvalue weighted by Gasteiger charge is 2.72. The summed E-state index contributed by atoms with van der Waals surface area (Å²) in [4.78, 5) is 14.4. The zero-order chi connectivity index (χ0) is 35.4. The summed E-state index contributed by atoms with van der Waals surface area (Å²) in [7, 11) is 0. The first-order valence-electron chi connectivity index (χ1n) is 17.8. The van der Waals surface area contributed by atoms with Crippen molar-refractivity contribution in [1.82, 2.24) is 0 Å². The van der Waals surface area contributed by atoms with Crippen LogP contribution in [0.3, 0.4) is 0 Å². The molecule has 0 aromatic rings. The summed E-state index contributed by atoms with van der Waals surface area (Å²) in [6, 6.07) is 0. The Balaban J connectivity index is 1.39. The van der Waals surface area contributed by atoms with Crippen molar-refractivity contribution in [2.45, 2.75) is 135 Å². The maximum absolute atomic E-state index is 14.4. The molecule has 12 heteroatoms. The van der Waals surface area contributed by atoms with E-state index in [2.05, 4.69) is 26.8 Å². The molecule has 1 heterocycles. The van der Waals surface area contributed by atoms with Crippen molar-refractivity contribution >= 4 is 5.97 Å². The van der Waals surface area contributed by atoms with Gasteiger partial charge in [0.1, 0.15) is 24.4 Å². The average Bonchev–Trinajstić information content (AvgIpc) is 3.04. The van der Waals surface area contributed by atoms with Crippen LogP contribution >= 0.6 is 0 Å². The van der Waals surface area contributed by atoms with E-state index in [4.69, 9.17) is 9.47 Å². The number of rotatable bonds is 5. The maximum Gasteiger partial charge on any atom is 0.315 e. The number of aliphatic hydroxyl groups excluding tert-OH is 9. The molecule has 15 atom stereocenters. The van der Waals surface area contributed by atoms with Gasteiger partial charge in [0.15, 0.2) is 0 Å². The van der Waals surface area contributed by atoms with Gasteiger partial charge in [-0.3, -0.25) is 4.79 Å². The zero-order valence-corrected chi connectivity index (χ0v) is 29.0. The van der Waals surface area contributed by atoms with E-state index in [1.54, 1.807) is 0 Å². The molecule has 0 aromatic carbocycles. The van der Waals surface area contributed by atoms with E-state index in [-0.39, 0.29) is 17.3 Å². The van der Waals surface area contributed by atoms with E-state index in [1.165, 1.54) is 0 Å². The van der Waals surface area contributed by atoms with Crippen LogP contribution in [-0.4, -0.2) is 121 Å². The smallest absolute Gasteiger partial charge is 0.315 e.